The lowest BCUT2D eigenvalue weighted by Crippen LogP contribution is -2.39. The number of hydrogen-bond donors (Lipinski definition) is 1. The SMILES string of the molecule is COc1cccc(C(=O)N2CCC[C@H](c3nc(-c4ccc(NC(C)=O)cc4)no3)C2)c1OC. The van der Waals surface area contributed by atoms with E-state index in [1.54, 1.807) is 42.3 Å². The van der Waals surface area contributed by atoms with E-state index in [1.807, 2.05) is 12.1 Å². The van der Waals surface area contributed by atoms with Gasteiger partial charge < -0.3 is 24.2 Å². The molecule has 172 valence electrons. The molecule has 1 aliphatic heterocycles. The largest absolute Gasteiger partial charge is 0.493 e. The van der Waals surface area contributed by atoms with Gasteiger partial charge in [-0.3, -0.25) is 9.59 Å². The maximum absolute atomic E-state index is 13.3. The molecule has 0 spiro atoms. The number of amides is 2. The molecule has 1 fully saturated rings. The molecule has 1 aromatic heterocycles. The number of nitrogens with zero attached hydrogens (tertiary/aromatic N) is 3. The summed E-state index contributed by atoms with van der Waals surface area (Å²) in [6, 6.07) is 12.5. The van der Waals surface area contributed by atoms with Gasteiger partial charge in [0.2, 0.25) is 17.6 Å². The van der Waals surface area contributed by atoms with Gasteiger partial charge in [-0.2, -0.15) is 4.98 Å². The number of benzene rings is 2. The number of anilines is 1. The highest BCUT2D eigenvalue weighted by Gasteiger charge is 2.31. The lowest BCUT2D eigenvalue weighted by Gasteiger charge is -2.31. The zero-order valence-electron chi connectivity index (χ0n) is 18.8. The monoisotopic (exact) mass is 450 g/mol. The number of aromatic nitrogens is 2. The van der Waals surface area contributed by atoms with Crippen LogP contribution in [-0.4, -0.2) is 54.2 Å². The number of hydrogen-bond acceptors (Lipinski definition) is 7. The van der Waals surface area contributed by atoms with Gasteiger partial charge in [0.1, 0.15) is 0 Å². The predicted octanol–water partition coefficient (Wildman–Crippen LogP) is 3.73. The Balaban J connectivity index is 1.49. The summed E-state index contributed by atoms with van der Waals surface area (Å²) >= 11 is 0. The van der Waals surface area contributed by atoms with Crippen LogP contribution in [0.25, 0.3) is 11.4 Å². The quantitative estimate of drug-likeness (QED) is 0.610. The first-order chi connectivity index (χ1) is 16.0. The number of likely N-dealkylation sites (tertiary alicyclic amines) is 1. The number of rotatable bonds is 6. The first-order valence-corrected chi connectivity index (χ1v) is 10.7. The Morgan fingerprint density at radius 1 is 1.12 bits per heavy atom. The third kappa shape index (κ3) is 4.82. The minimum atomic E-state index is -0.132. The average molecular weight is 450 g/mol. The summed E-state index contributed by atoms with van der Waals surface area (Å²) in [4.78, 5) is 30.8. The Kier molecular flexibility index (Phi) is 6.58. The van der Waals surface area contributed by atoms with Crippen LogP contribution >= 0.6 is 0 Å². The second-order valence-corrected chi connectivity index (χ2v) is 7.85. The second-order valence-electron chi connectivity index (χ2n) is 7.85. The van der Waals surface area contributed by atoms with Crippen molar-refractivity contribution in [3.05, 3.63) is 53.9 Å². The molecule has 3 aromatic rings. The van der Waals surface area contributed by atoms with Crippen molar-refractivity contribution in [1.82, 2.24) is 15.0 Å². The minimum Gasteiger partial charge on any atom is -0.493 e. The number of nitrogens with one attached hydrogen (secondary N) is 1. The Morgan fingerprint density at radius 3 is 2.61 bits per heavy atom. The number of carbonyl (C=O) groups is 2. The van der Waals surface area contributed by atoms with E-state index in [9.17, 15) is 9.59 Å². The van der Waals surface area contributed by atoms with Crippen molar-refractivity contribution in [1.29, 1.82) is 0 Å². The molecule has 4 rings (SSSR count). The summed E-state index contributed by atoms with van der Waals surface area (Å²) in [7, 11) is 3.07. The van der Waals surface area contributed by atoms with E-state index in [4.69, 9.17) is 14.0 Å². The summed E-state index contributed by atoms with van der Waals surface area (Å²) < 4.78 is 16.3. The van der Waals surface area contributed by atoms with E-state index in [0.717, 1.165) is 18.4 Å². The molecule has 2 amide bonds. The number of piperidine rings is 1. The van der Waals surface area contributed by atoms with Gasteiger partial charge in [0.05, 0.1) is 25.7 Å². The first-order valence-electron chi connectivity index (χ1n) is 10.7. The van der Waals surface area contributed by atoms with Crippen LogP contribution in [0.4, 0.5) is 5.69 Å². The minimum absolute atomic E-state index is 0.0563. The third-order valence-electron chi connectivity index (χ3n) is 5.60. The molecule has 1 saturated heterocycles. The van der Waals surface area contributed by atoms with Gasteiger partial charge in [-0.1, -0.05) is 11.2 Å². The number of methoxy groups -OCH3 is 2. The molecule has 33 heavy (non-hydrogen) atoms. The highest BCUT2D eigenvalue weighted by molar-refractivity contribution is 5.98. The van der Waals surface area contributed by atoms with Crippen LogP contribution < -0.4 is 14.8 Å². The predicted molar refractivity (Wildman–Crippen MR) is 121 cm³/mol. The lowest BCUT2D eigenvalue weighted by atomic mass is 9.97. The van der Waals surface area contributed by atoms with Crippen molar-refractivity contribution < 1.29 is 23.6 Å². The molecule has 0 aliphatic carbocycles. The van der Waals surface area contributed by atoms with Crippen LogP contribution in [-0.2, 0) is 4.79 Å². The van der Waals surface area contributed by atoms with Gasteiger partial charge in [-0.05, 0) is 49.2 Å². The average Bonchev–Trinajstić information content (AvgIpc) is 3.33. The molecule has 1 atom stereocenters. The highest BCUT2D eigenvalue weighted by Crippen LogP contribution is 2.34. The number of para-hydroxylation sites is 1. The Bertz CT molecular complexity index is 1140. The molecule has 0 bridgehead atoms. The summed E-state index contributed by atoms with van der Waals surface area (Å²) in [5.41, 5.74) is 1.94. The van der Waals surface area contributed by atoms with Gasteiger partial charge >= 0.3 is 0 Å². The highest BCUT2D eigenvalue weighted by atomic mass is 16.5. The van der Waals surface area contributed by atoms with Crippen molar-refractivity contribution in [2.45, 2.75) is 25.7 Å². The van der Waals surface area contributed by atoms with Gasteiger partial charge in [-0.15, -0.1) is 0 Å². The molecular formula is C24H26N4O5. The topological polar surface area (TPSA) is 107 Å². The first kappa shape index (κ1) is 22.3. The molecule has 0 unspecified atom stereocenters. The Morgan fingerprint density at radius 2 is 1.91 bits per heavy atom. The zero-order chi connectivity index (χ0) is 23.4. The van der Waals surface area contributed by atoms with Gasteiger partial charge in [0.25, 0.3) is 5.91 Å². The molecule has 2 aromatic carbocycles. The van der Waals surface area contributed by atoms with E-state index in [0.29, 0.717) is 47.6 Å². The molecule has 0 saturated carbocycles. The van der Waals surface area contributed by atoms with Crippen molar-refractivity contribution in [3.63, 3.8) is 0 Å². The summed E-state index contributed by atoms with van der Waals surface area (Å²) in [6.07, 6.45) is 1.67. The normalized spacial score (nSPS) is 15.7. The van der Waals surface area contributed by atoms with E-state index >= 15 is 0 Å². The zero-order valence-corrected chi connectivity index (χ0v) is 18.8. The molecule has 1 aliphatic rings. The Hall–Kier alpha value is -3.88. The van der Waals surface area contributed by atoms with Crippen molar-refractivity contribution in [2.75, 3.05) is 32.6 Å². The van der Waals surface area contributed by atoms with Crippen LogP contribution in [0.15, 0.2) is 47.0 Å². The molecule has 2 heterocycles. The molecule has 0 radical (unpaired) electrons. The maximum Gasteiger partial charge on any atom is 0.257 e. The summed E-state index contributed by atoms with van der Waals surface area (Å²) in [5, 5.41) is 6.84. The number of ether oxygens (including phenoxy) is 2. The molecule has 1 N–H and O–H groups in total. The van der Waals surface area contributed by atoms with E-state index < -0.39 is 0 Å². The van der Waals surface area contributed by atoms with E-state index in [-0.39, 0.29) is 17.7 Å². The van der Waals surface area contributed by atoms with Gasteiger partial charge in [0, 0.05) is 31.3 Å². The smallest absolute Gasteiger partial charge is 0.257 e. The Labute approximate surface area is 191 Å². The molecule has 9 heteroatoms. The van der Waals surface area contributed by atoms with Crippen molar-refractivity contribution in [3.8, 4) is 22.9 Å². The van der Waals surface area contributed by atoms with Crippen molar-refractivity contribution >= 4 is 17.5 Å². The lowest BCUT2D eigenvalue weighted by molar-refractivity contribution is -0.114. The fourth-order valence-electron chi connectivity index (χ4n) is 4.01. The standard InChI is InChI=1S/C24H26N4O5/c1-15(29)25-18-11-9-16(10-12-18)22-26-23(33-27-22)17-6-5-13-28(14-17)24(30)19-7-4-8-20(31-2)21(19)32-3/h4,7-12,17H,5-6,13-14H2,1-3H3,(H,25,29)/t17-/m0/s1. The van der Waals surface area contributed by atoms with Crippen molar-refractivity contribution in [2.24, 2.45) is 0 Å². The van der Waals surface area contributed by atoms with Crippen LogP contribution in [0.2, 0.25) is 0 Å². The van der Waals surface area contributed by atoms with Crippen LogP contribution in [0, 0.1) is 0 Å². The van der Waals surface area contributed by atoms with Crippen LogP contribution in [0.1, 0.15) is 41.9 Å². The van der Waals surface area contributed by atoms with Crippen LogP contribution in [0.3, 0.4) is 0 Å². The van der Waals surface area contributed by atoms with Crippen LogP contribution in [0.5, 0.6) is 11.5 Å². The van der Waals surface area contributed by atoms with E-state index in [2.05, 4.69) is 15.5 Å². The summed E-state index contributed by atoms with van der Waals surface area (Å²) in [6.45, 7) is 2.57. The second kappa shape index (κ2) is 9.72. The third-order valence-corrected chi connectivity index (χ3v) is 5.60. The molecule has 9 nitrogen and oxygen atoms in total. The fourth-order valence-corrected chi connectivity index (χ4v) is 4.01. The number of carbonyl (C=O) groups excluding carboxylic acids is 2. The summed E-state index contributed by atoms with van der Waals surface area (Å²) in [5.74, 6) is 1.61. The maximum atomic E-state index is 13.3. The van der Waals surface area contributed by atoms with Gasteiger partial charge in [0.15, 0.2) is 11.5 Å². The van der Waals surface area contributed by atoms with Gasteiger partial charge in [-0.25, -0.2) is 0 Å². The fraction of sp³-hybridized carbons (Fsp3) is 0.333. The molecular weight excluding hydrogens is 424 g/mol. The van der Waals surface area contributed by atoms with E-state index in [1.165, 1.54) is 14.0 Å².